The summed E-state index contributed by atoms with van der Waals surface area (Å²) in [6.45, 7) is 4.79. The summed E-state index contributed by atoms with van der Waals surface area (Å²) >= 11 is 0. The Kier molecular flexibility index (Phi) is 2.41. The molecule has 2 fully saturated rings. The Hall–Kier alpha value is -0.120. The molecule has 0 aromatic heterocycles. The Balaban J connectivity index is 1.82. The first kappa shape index (κ1) is 7.53. The van der Waals surface area contributed by atoms with Crippen molar-refractivity contribution < 1.29 is 9.47 Å². The number of hydrogen-bond acceptors (Lipinski definition) is 3. The van der Waals surface area contributed by atoms with Gasteiger partial charge < -0.3 is 9.47 Å². The highest BCUT2D eigenvalue weighted by molar-refractivity contribution is 4.70. The molecule has 2 rings (SSSR count). The van der Waals surface area contributed by atoms with E-state index in [2.05, 4.69) is 4.90 Å². The van der Waals surface area contributed by atoms with Crippen LogP contribution < -0.4 is 0 Å². The van der Waals surface area contributed by atoms with Crippen molar-refractivity contribution in [3.05, 3.63) is 0 Å². The molecule has 2 aliphatic rings. The molecular weight excluding hydrogens is 142 g/mol. The van der Waals surface area contributed by atoms with Gasteiger partial charge in [0.2, 0.25) is 0 Å². The second-order valence-electron chi connectivity index (χ2n) is 3.12. The minimum absolute atomic E-state index is 0.402. The topological polar surface area (TPSA) is 21.7 Å². The highest BCUT2D eigenvalue weighted by Crippen LogP contribution is 2.17. The standard InChI is InChI=1S/C8H15NO2/c1-2-8(11-5-1)9-3-6-10-7-4-9/h8H,1-7H2. The summed E-state index contributed by atoms with van der Waals surface area (Å²) in [5.74, 6) is 0. The molecule has 0 saturated carbocycles. The zero-order valence-corrected chi connectivity index (χ0v) is 6.79. The summed E-state index contributed by atoms with van der Waals surface area (Å²) in [4.78, 5) is 2.39. The van der Waals surface area contributed by atoms with Crippen LogP contribution in [-0.2, 0) is 9.47 Å². The molecule has 0 spiro atoms. The summed E-state index contributed by atoms with van der Waals surface area (Å²) in [5.41, 5.74) is 0. The van der Waals surface area contributed by atoms with E-state index in [1.165, 1.54) is 12.8 Å². The molecule has 1 atom stereocenters. The van der Waals surface area contributed by atoms with Crippen molar-refractivity contribution in [2.75, 3.05) is 32.9 Å². The SMILES string of the molecule is C1COC(N2CCOCC2)C1. The maximum atomic E-state index is 5.56. The second kappa shape index (κ2) is 3.52. The molecule has 0 aromatic rings. The molecule has 0 N–H and O–H groups in total. The van der Waals surface area contributed by atoms with Crippen molar-refractivity contribution in [1.29, 1.82) is 0 Å². The third-order valence-electron chi connectivity index (χ3n) is 2.36. The quantitative estimate of drug-likeness (QED) is 0.552. The largest absolute Gasteiger partial charge is 0.379 e. The molecule has 64 valence electrons. The highest BCUT2D eigenvalue weighted by atomic mass is 16.5. The van der Waals surface area contributed by atoms with E-state index < -0.39 is 0 Å². The fourth-order valence-electron chi connectivity index (χ4n) is 1.71. The van der Waals surface area contributed by atoms with Gasteiger partial charge in [-0.3, -0.25) is 4.90 Å². The van der Waals surface area contributed by atoms with Crippen molar-refractivity contribution in [3.63, 3.8) is 0 Å². The molecule has 2 saturated heterocycles. The van der Waals surface area contributed by atoms with E-state index in [9.17, 15) is 0 Å². The Morgan fingerprint density at radius 2 is 1.91 bits per heavy atom. The fourth-order valence-corrected chi connectivity index (χ4v) is 1.71. The van der Waals surface area contributed by atoms with Gasteiger partial charge in [-0.05, 0) is 12.8 Å². The first-order chi connectivity index (χ1) is 5.47. The average Bonchev–Trinajstić information content (AvgIpc) is 2.58. The van der Waals surface area contributed by atoms with Crippen LogP contribution in [0.1, 0.15) is 12.8 Å². The molecule has 1 unspecified atom stereocenters. The van der Waals surface area contributed by atoms with Crippen molar-refractivity contribution in [3.8, 4) is 0 Å². The van der Waals surface area contributed by atoms with Gasteiger partial charge in [0.25, 0.3) is 0 Å². The van der Waals surface area contributed by atoms with E-state index in [4.69, 9.17) is 9.47 Å². The van der Waals surface area contributed by atoms with Gasteiger partial charge in [0.05, 0.1) is 13.2 Å². The lowest BCUT2D eigenvalue weighted by atomic mass is 10.3. The predicted molar refractivity (Wildman–Crippen MR) is 41.4 cm³/mol. The smallest absolute Gasteiger partial charge is 0.110 e. The molecule has 11 heavy (non-hydrogen) atoms. The zero-order chi connectivity index (χ0) is 7.52. The lowest BCUT2D eigenvalue weighted by molar-refractivity contribution is -0.0691. The van der Waals surface area contributed by atoms with E-state index in [0.717, 1.165) is 32.9 Å². The van der Waals surface area contributed by atoms with Gasteiger partial charge in [0.15, 0.2) is 0 Å². The van der Waals surface area contributed by atoms with Crippen molar-refractivity contribution >= 4 is 0 Å². The molecule has 2 heterocycles. The average molecular weight is 157 g/mol. The van der Waals surface area contributed by atoms with Crippen LogP contribution in [-0.4, -0.2) is 44.0 Å². The molecule has 2 aliphatic heterocycles. The molecule has 0 amide bonds. The fraction of sp³-hybridized carbons (Fsp3) is 1.00. The van der Waals surface area contributed by atoms with Crippen molar-refractivity contribution in [1.82, 2.24) is 4.90 Å². The van der Waals surface area contributed by atoms with E-state index in [1.54, 1.807) is 0 Å². The lowest BCUT2D eigenvalue weighted by Crippen LogP contribution is -2.43. The first-order valence-corrected chi connectivity index (χ1v) is 4.40. The second-order valence-corrected chi connectivity index (χ2v) is 3.12. The summed E-state index contributed by atoms with van der Waals surface area (Å²) in [7, 11) is 0. The third kappa shape index (κ3) is 1.72. The van der Waals surface area contributed by atoms with Gasteiger partial charge in [0.1, 0.15) is 6.23 Å². The normalized spacial score (nSPS) is 34.4. The highest BCUT2D eigenvalue weighted by Gasteiger charge is 2.24. The van der Waals surface area contributed by atoms with E-state index >= 15 is 0 Å². The Bertz CT molecular complexity index is 117. The zero-order valence-electron chi connectivity index (χ0n) is 6.79. The Morgan fingerprint density at radius 1 is 1.09 bits per heavy atom. The van der Waals surface area contributed by atoms with Crippen LogP contribution in [0.2, 0.25) is 0 Å². The maximum absolute atomic E-state index is 5.56. The summed E-state index contributed by atoms with van der Waals surface area (Å²) in [6, 6.07) is 0. The van der Waals surface area contributed by atoms with Crippen molar-refractivity contribution in [2.24, 2.45) is 0 Å². The van der Waals surface area contributed by atoms with Crippen LogP contribution in [0, 0.1) is 0 Å². The summed E-state index contributed by atoms with van der Waals surface area (Å²) in [5, 5.41) is 0. The third-order valence-corrected chi connectivity index (χ3v) is 2.36. The Morgan fingerprint density at radius 3 is 2.55 bits per heavy atom. The maximum Gasteiger partial charge on any atom is 0.110 e. The molecular formula is C8H15NO2. The van der Waals surface area contributed by atoms with E-state index in [0.29, 0.717) is 6.23 Å². The molecule has 0 bridgehead atoms. The number of ether oxygens (including phenoxy) is 2. The monoisotopic (exact) mass is 157 g/mol. The number of morpholine rings is 1. The van der Waals surface area contributed by atoms with Crippen LogP contribution in [0.25, 0.3) is 0 Å². The van der Waals surface area contributed by atoms with Gasteiger partial charge in [-0.25, -0.2) is 0 Å². The molecule has 3 nitrogen and oxygen atoms in total. The van der Waals surface area contributed by atoms with Crippen LogP contribution >= 0.6 is 0 Å². The van der Waals surface area contributed by atoms with Gasteiger partial charge >= 0.3 is 0 Å². The summed E-state index contributed by atoms with van der Waals surface area (Å²) in [6.07, 6.45) is 2.83. The van der Waals surface area contributed by atoms with Crippen molar-refractivity contribution in [2.45, 2.75) is 19.1 Å². The summed E-state index contributed by atoms with van der Waals surface area (Å²) < 4.78 is 10.8. The van der Waals surface area contributed by atoms with E-state index in [1.807, 2.05) is 0 Å². The molecule has 0 aliphatic carbocycles. The van der Waals surface area contributed by atoms with Gasteiger partial charge in [-0.15, -0.1) is 0 Å². The van der Waals surface area contributed by atoms with Gasteiger partial charge in [-0.1, -0.05) is 0 Å². The van der Waals surface area contributed by atoms with Crippen LogP contribution in [0.4, 0.5) is 0 Å². The number of hydrogen-bond donors (Lipinski definition) is 0. The molecule has 0 radical (unpaired) electrons. The van der Waals surface area contributed by atoms with Crippen LogP contribution in [0.15, 0.2) is 0 Å². The van der Waals surface area contributed by atoms with E-state index in [-0.39, 0.29) is 0 Å². The molecule has 3 heteroatoms. The van der Waals surface area contributed by atoms with Gasteiger partial charge in [0, 0.05) is 19.7 Å². The first-order valence-electron chi connectivity index (χ1n) is 4.40. The van der Waals surface area contributed by atoms with Gasteiger partial charge in [-0.2, -0.15) is 0 Å². The minimum atomic E-state index is 0.402. The minimum Gasteiger partial charge on any atom is -0.379 e. The van der Waals surface area contributed by atoms with Crippen LogP contribution in [0.5, 0.6) is 0 Å². The lowest BCUT2D eigenvalue weighted by Gasteiger charge is -2.31. The van der Waals surface area contributed by atoms with Crippen LogP contribution in [0.3, 0.4) is 0 Å². The molecule has 0 aromatic carbocycles. The predicted octanol–water partition coefficient (Wildman–Crippen LogP) is 0.455. The Labute approximate surface area is 67.3 Å². The number of rotatable bonds is 1. The number of nitrogens with zero attached hydrogens (tertiary/aromatic N) is 1.